The summed E-state index contributed by atoms with van der Waals surface area (Å²) in [6, 6.07) is 7.70. The van der Waals surface area contributed by atoms with E-state index in [9.17, 15) is 4.79 Å². The van der Waals surface area contributed by atoms with Crippen LogP contribution in [0, 0.1) is 0 Å². The van der Waals surface area contributed by atoms with Gasteiger partial charge in [0.15, 0.2) is 0 Å². The molecule has 0 saturated heterocycles. The van der Waals surface area contributed by atoms with Gasteiger partial charge in [-0.05, 0) is 38.0 Å². The molecule has 0 aromatic heterocycles. The molecule has 1 aromatic rings. The van der Waals surface area contributed by atoms with Crippen LogP contribution in [0.15, 0.2) is 36.7 Å². The van der Waals surface area contributed by atoms with E-state index in [0.29, 0.717) is 18.8 Å². The van der Waals surface area contributed by atoms with Gasteiger partial charge in [-0.3, -0.25) is 0 Å². The highest BCUT2D eigenvalue weighted by Gasteiger charge is 2.16. The number of nitrogens with zero attached hydrogens (tertiary/aromatic N) is 2. The van der Waals surface area contributed by atoms with Gasteiger partial charge in [-0.25, -0.2) is 4.79 Å². The van der Waals surface area contributed by atoms with E-state index in [1.165, 1.54) is 83.5 Å². The van der Waals surface area contributed by atoms with Crippen molar-refractivity contribution in [1.29, 1.82) is 0 Å². The highest BCUT2D eigenvalue weighted by Crippen LogP contribution is 2.15. The second-order valence-corrected chi connectivity index (χ2v) is 11.1. The van der Waals surface area contributed by atoms with Gasteiger partial charge in [0.25, 0.3) is 0 Å². The fourth-order valence-corrected chi connectivity index (χ4v) is 5.10. The molecule has 0 amide bonds. The highest BCUT2D eigenvalue weighted by molar-refractivity contribution is 5.89. The molecule has 1 atom stereocenters. The predicted molar refractivity (Wildman–Crippen MR) is 165 cm³/mol. The monoisotopic (exact) mass is 558 g/mol. The molecule has 0 N–H and O–H groups in total. The summed E-state index contributed by atoms with van der Waals surface area (Å²) in [6.45, 7) is 11.0. The van der Waals surface area contributed by atoms with Crippen molar-refractivity contribution in [2.45, 2.75) is 123 Å². The molecule has 2 rings (SSSR count). The molecule has 0 aliphatic carbocycles. The van der Waals surface area contributed by atoms with Gasteiger partial charge in [-0.2, -0.15) is 0 Å². The van der Waals surface area contributed by atoms with E-state index in [1.54, 1.807) is 0 Å². The summed E-state index contributed by atoms with van der Waals surface area (Å²) in [6.07, 6.45) is 22.9. The smallest absolute Gasteiger partial charge is 0.338 e. The Morgan fingerprint density at radius 3 is 2.02 bits per heavy atom. The van der Waals surface area contributed by atoms with Crippen molar-refractivity contribution in [3.8, 4) is 0 Å². The molecule has 0 saturated carbocycles. The molecule has 1 aliphatic heterocycles. The molecule has 1 aliphatic rings. The number of carbonyl (C=O) groups is 1. The fourth-order valence-electron chi connectivity index (χ4n) is 5.10. The number of esters is 1. The van der Waals surface area contributed by atoms with Crippen molar-refractivity contribution in [2.75, 3.05) is 39.6 Å². The Bertz CT molecular complexity index is 800. The van der Waals surface area contributed by atoms with Crippen LogP contribution in [-0.2, 0) is 20.8 Å². The Morgan fingerprint density at radius 1 is 0.800 bits per heavy atom. The van der Waals surface area contributed by atoms with E-state index in [2.05, 4.69) is 36.0 Å². The number of ether oxygens (including phenoxy) is 3. The van der Waals surface area contributed by atoms with Crippen molar-refractivity contribution in [2.24, 2.45) is 0 Å². The van der Waals surface area contributed by atoms with Gasteiger partial charge in [0.1, 0.15) is 12.7 Å². The quantitative estimate of drug-likeness (QED) is 0.0888. The maximum absolute atomic E-state index is 12.7. The summed E-state index contributed by atoms with van der Waals surface area (Å²) in [4.78, 5) is 17.2. The average Bonchev–Trinajstić information content (AvgIpc) is 3.43. The lowest BCUT2D eigenvalue weighted by atomic mass is 10.0. The second-order valence-electron chi connectivity index (χ2n) is 11.1. The summed E-state index contributed by atoms with van der Waals surface area (Å²) in [5.74, 6) is -0.314. The number of hydrogen-bond donors (Lipinski definition) is 0. The van der Waals surface area contributed by atoms with Crippen molar-refractivity contribution in [3.63, 3.8) is 0 Å². The van der Waals surface area contributed by atoms with Crippen LogP contribution < -0.4 is 0 Å². The minimum absolute atomic E-state index is 0.204. The molecular weight excluding hydrogens is 500 g/mol. The first kappa shape index (κ1) is 34.2. The Kier molecular flexibility index (Phi) is 19.3. The molecule has 0 radical (unpaired) electrons. The predicted octanol–water partition coefficient (Wildman–Crippen LogP) is 8.31. The summed E-state index contributed by atoms with van der Waals surface area (Å²) >= 11 is 0. The molecule has 1 aromatic carbocycles. The zero-order valence-corrected chi connectivity index (χ0v) is 25.9. The van der Waals surface area contributed by atoms with Crippen molar-refractivity contribution < 1.29 is 19.0 Å². The van der Waals surface area contributed by atoms with Crippen LogP contribution in [0.5, 0.6) is 0 Å². The standard InChI is InChI=1S/C34H58N2O4/c1-4-7-8-9-10-11-12-13-14-15-16-17-18-19-25-38-28-33(39-6-3)29-40-34(37)32-22-20-21-31(26-32)27-36-24-23-35(5-2)30-36/h20-24,26,33H,4-19,25,27-30H2,1-3H3. The third-order valence-electron chi connectivity index (χ3n) is 7.55. The van der Waals surface area contributed by atoms with Gasteiger partial charge in [0, 0.05) is 38.7 Å². The van der Waals surface area contributed by atoms with Crippen LogP contribution in [0.4, 0.5) is 0 Å². The fraction of sp³-hybridized carbons (Fsp3) is 0.735. The van der Waals surface area contributed by atoms with Crippen LogP contribution in [0.3, 0.4) is 0 Å². The van der Waals surface area contributed by atoms with Crippen molar-refractivity contribution in [3.05, 3.63) is 47.8 Å². The third kappa shape index (κ3) is 15.7. The molecule has 1 unspecified atom stereocenters. The number of rotatable bonds is 25. The normalized spacial score (nSPS) is 13.8. The number of unbranched alkanes of at least 4 members (excludes halogenated alkanes) is 13. The van der Waals surface area contributed by atoms with Crippen molar-refractivity contribution in [1.82, 2.24) is 9.80 Å². The minimum Gasteiger partial charge on any atom is -0.459 e. The molecule has 40 heavy (non-hydrogen) atoms. The number of benzene rings is 1. The second kappa shape index (κ2) is 22.6. The number of hydrogen-bond acceptors (Lipinski definition) is 6. The lowest BCUT2D eigenvalue weighted by Crippen LogP contribution is -2.27. The van der Waals surface area contributed by atoms with Crippen LogP contribution in [0.2, 0.25) is 0 Å². The lowest BCUT2D eigenvalue weighted by Gasteiger charge is -2.20. The molecule has 0 fully saturated rings. The minimum atomic E-state index is -0.314. The first-order valence-corrected chi connectivity index (χ1v) is 16.3. The molecule has 0 spiro atoms. The largest absolute Gasteiger partial charge is 0.459 e. The first-order chi connectivity index (χ1) is 19.7. The van der Waals surface area contributed by atoms with Gasteiger partial charge < -0.3 is 24.0 Å². The molecule has 6 nitrogen and oxygen atoms in total. The van der Waals surface area contributed by atoms with E-state index in [4.69, 9.17) is 14.2 Å². The Morgan fingerprint density at radius 2 is 1.43 bits per heavy atom. The van der Waals surface area contributed by atoms with E-state index in [0.717, 1.165) is 38.3 Å². The molecule has 0 bridgehead atoms. The van der Waals surface area contributed by atoms with Gasteiger partial charge in [0.05, 0.1) is 18.8 Å². The molecule has 228 valence electrons. The zero-order valence-electron chi connectivity index (χ0n) is 25.9. The van der Waals surface area contributed by atoms with Gasteiger partial charge in [0.2, 0.25) is 0 Å². The van der Waals surface area contributed by atoms with Crippen LogP contribution in [0.25, 0.3) is 0 Å². The summed E-state index contributed by atoms with van der Waals surface area (Å²) in [5, 5.41) is 0. The summed E-state index contributed by atoms with van der Waals surface area (Å²) in [7, 11) is 0. The molecule has 6 heteroatoms. The van der Waals surface area contributed by atoms with E-state index in [-0.39, 0.29) is 18.7 Å². The zero-order chi connectivity index (χ0) is 28.7. The van der Waals surface area contributed by atoms with Crippen LogP contribution >= 0.6 is 0 Å². The topological polar surface area (TPSA) is 51.2 Å². The first-order valence-electron chi connectivity index (χ1n) is 16.3. The molecular formula is C34H58N2O4. The van der Waals surface area contributed by atoms with Crippen LogP contribution in [0.1, 0.15) is 127 Å². The maximum atomic E-state index is 12.7. The SMILES string of the molecule is CCCCCCCCCCCCCCCCOCC(COC(=O)c1cccc(CN2C=CN(CC)C2)c1)OCC. The lowest BCUT2D eigenvalue weighted by molar-refractivity contribution is -0.0465. The average molecular weight is 559 g/mol. The van der Waals surface area contributed by atoms with Gasteiger partial charge >= 0.3 is 5.97 Å². The Balaban J connectivity index is 1.51. The van der Waals surface area contributed by atoms with Crippen LogP contribution in [-0.4, -0.2) is 61.5 Å². The number of carbonyl (C=O) groups excluding carboxylic acids is 1. The van der Waals surface area contributed by atoms with Crippen molar-refractivity contribution >= 4 is 5.97 Å². The van der Waals surface area contributed by atoms with Gasteiger partial charge in [-0.15, -0.1) is 0 Å². The Hall–Kier alpha value is -2.05. The highest BCUT2D eigenvalue weighted by atomic mass is 16.6. The maximum Gasteiger partial charge on any atom is 0.338 e. The van der Waals surface area contributed by atoms with E-state index < -0.39 is 0 Å². The third-order valence-corrected chi connectivity index (χ3v) is 7.55. The van der Waals surface area contributed by atoms with E-state index in [1.807, 2.05) is 31.2 Å². The summed E-state index contributed by atoms with van der Waals surface area (Å²) in [5.41, 5.74) is 1.67. The summed E-state index contributed by atoms with van der Waals surface area (Å²) < 4.78 is 17.2. The molecule has 1 heterocycles. The van der Waals surface area contributed by atoms with Gasteiger partial charge in [-0.1, -0.05) is 103 Å². The Labute approximate surface area is 245 Å². The van der Waals surface area contributed by atoms with E-state index >= 15 is 0 Å².